The van der Waals surface area contributed by atoms with E-state index >= 15 is 0 Å². The van der Waals surface area contributed by atoms with Gasteiger partial charge in [-0.25, -0.2) is 0 Å². The third kappa shape index (κ3) is 3.01. The second-order valence-electron chi connectivity index (χ2n) is 5.23. The van der Waals surface area contributed by atoms with E-state index in [1.165, 1.54) is 18.2 Å². The number of halogens is 1. The molecule has 0 unspecified atom stereocenters. The van der Waals surface area contributed by atoms with Crippen molar-refractivity contribution in [1.82, 2.24) is 0 Å². The molecule has 0 saturated carbocycles. The summed E-state index contributed by atoms with van der Waals surface area (Å²) in [5.41, 5.74) is 0.865. The van der Waals surface area contributed by atoms with Crippen LogP contribution in [0.5, 0.6) is 5.75 Å². The van der Waals surface area contributed by atoms with Gasteiger partial charge in [0.2, 0.25) is 0 Å². The lowest BCUT2D eigenvalue weighted by molar-refractivity contribution is 0.484. The molecular weight excluding hydrogens is 390 g/mol. The van der Waals surface area contributed by atoms with Crippen molar-refractivity contribution < 1.29 is 12.6 Å². The van der Waals surface area contributed by atoms with Crippen molar-refractivity contribution >= 4 is 36.8 Å². The van der Waals surface area contributed by atoms with Crippen LogP contribution < -0.4 is 4.18 Å². The largest absolute Gasteiger partial charge is 0.378 e. The minimum Gasteiger partial charge on any atom is -0.378 e. The predicted molar refractivity (Wildman–Crippen MR) is 95.4 cm³/mol. The van der Waals surface area contributed by atoms with Gasteiger partial charge in [0.25, 0.3) is 0 Å². The summed E-state index contributed by atoms with van der Waals surface area (Å²) in [5, 5.41) is 10.7. The normalized spacial score (nSPS) is 11.2. The first-order chi connectivity index (χ1) is 11.4. The first kappa shape index (κ1) is 16.5. The Morgan fingerprint density at radius 1 is 1.08 bits per heavy atom. The van der Waals surface area contributed by atoms with Gasteiger partial charge in [0.15, 0.2) is 5.75 Å². The summed E-state index contributed by atoms with van der Waals surface area (Å²) >= 11 is 3.42. The topological polar surface area (TPSA) is 67.2 Å². The lowest BCUT2D eigenvalue weighted by Crippen LogP contribution is -2.11. The second kappa shape index (κ2) is 6.27. The molecular formula is C18H12BrNO3S. The summed E-state index contributed by atoms with van der Waals surface area (Å²) in [6.45, 7) is 1.63. The molecule has 0 aliphatic carbocycles. The summed E-state index contributed by atoms with van der Waals surface area (Å²) in [4.78, 5) is 0.0431. The van der Waals surface area contributed by atoms with E-state index in [0.717, 1.165) is 10.8 Å². The zero-order valence-electron chi connectivity index (χ0n) is 12.7. The number of hydrogen-bond acceptors (Lipinski definition) is 4. The highest BCUT2D eigenvalue weighted by molar-refractivity contribution is 9.10. The van der Waals surface area contributed by atoms with Crippen LogP contribution in [0.15, 0.2) is 64.0 Å². The summed E-state index contributed by atoms with van der Waals surface area (Å²) in [6, 6.07) is 17.4. The van der Waals surface area contributed by atoms with E-state index in [1.54, 1.807) is 19.1 Å². The number of hydrogen-bond donors (Lipinski definition) is 0. The smallest absolute Gasteiger partial charge is 0.339 e. The minimum atomic E-state index is -4.00. The summed E-state index contributed by atoms with van der Waals surface area (Å²) in [5.74, 6) is 0.220. The van der Waals surface area contributed by atoms with Gasteiger partial charge in [0.05, 0.1) is 16.1 Å². The molecule has 24 heavy (non-hydrogen) atoms. The second-order valence-corrected chi connectivity index (χ2v) is 7.54. The fraction of sp³-hybridized carbons (Fsp3) is 0.0556. The van der Waals surface area contributed by atoms with Crippen LogP contribution in [0.3, 0.4) is 0 Å². The minimum absolute atomic E-state index is 0.0431. The summed E-state index contributed by atoms with van der Waals surface area (Å²) < 4.78 is 31.1. The standard InChI is InChI=1S/C18H12BrNO3S/c1-12-10-13(11-20)6-9-17(12)24(21,22)23-16-8-7-14-4-2-3-5-15(14)18(16)19/h2-10H,1H3. The molecule has 0 aromatic heterocycles. The van der Waals surface area contributed by atoms with Crippen molar-refractivity contribution in [3.63, 3.8) is 0 Å². The molecule has 0 heterocycles. The Balaban J connectivity index is 2.04. The number of rotatable bonds is 3. The van der Waals surface area contributed by atoms with Crippen LogP contribution in [0.1, 0.15) is 11.1 Å². The lowest BCUT2D eigenvalue weighted by atomic mass is 10.1. The van der Waals surface area contributed by atoms with E-state index in [0.29, 0.717) is 15.6 Å². The molecule has 120 valence electrons. The molecule has 0 amide bonds. The Kier molecular flexibility index (Phi) is 4.31. The molecule has 0 spiro atoms. The summed E-state index contributed by atoms with van der Waals surface area (Å²) in [6.07, 6.45) is 0. The monoisotopic (exact) mass is 401 g/mol. The van der Waals surface area contributed by atoms with Gasteiger partial charge in [-0.2, -0.15) is 13.7 Å². The van der Waals surface area contributed by atoms with Crippen molar-refractivity contribution in [3.05, 3.63) is 70.2 Å². The van der Waals surface area contributed by atoms with E-state index < -0.39 is 10.1 Å². The van der Waals surface area contributed by atoms with E-state index in [2.05, 4.69) is 15.9 Å². The Morgan fingerprint density at radius 3 is 2.54 bits per heavy atom. The van der Waals surface area contributed by atoms with Crippen LogP contribution in [0.4, 0.5) is 0 Å². The van der Waals surface area contributed by atoms with Gasteiger partial charge in [0, 0.05) is 0 Å². The van der Waals surface area contributed by atoms with Crippen molar-refractivity contribution in [2.45, 2.75) is 11.8 Å². The number of aryl methyl sites for hydroxylation is 1. The van der Waals surface area contributed by atoms with Crippen LogP contribution in [-0.4, -0.2) is 8.42 Å². The van der Waals surface area contributed by atoms with Crippen molar-refractivity contribution in [2.75, 3.05) is 0 Å². The van der Waals surface area contributed by atoms with Crippen LogP contribution in [0, 0.1) is 18.3 Å². The molecule has 3 aromatic carbocycles. The number of nitriles is 1. The van der Waals surface area contributed by atoms with Gasteiger partial charge in [-0.1, -0.05) is 30.3 Å². The fourth-order valence-corrected chi connectivity index (χ4v) is 4.27. The van der Waals surface area contributed by atoms with Gasteiger partial charge in [-0.3, -0.25) is 0 Å². The first-order valence-electron chi connectivity index (χ1n) is 7.05. The molecule has 0 aliphatic heterocycles. The number of benzene rings is 3. The highest BCUT2D eigenvalue weighted by Gasteiger charge is 2.21. The van der Waals surface area contributed by atoms with E-state index in [-0.39, 0.29) is 10.6 Å². The molecule has 3 aromatic rings. The average Bonchev–Trinajstić information content (AvgIpc) is 2.57. The van der Waals surface area contributed by atoms with E-state index in [4.69, 9.17) is 9.44 Å². The molecule has 0 aliphatic rings. The maximum absolute atomic E-state index is 12.6. The zero-order valence-corrected chi connectivity index (χ0v) is 15.1. The van der Waals surface area contributed by atoms with Gasteiger partial charge in [-0.05, 0) is 63.5 Å². The van der Waals surface area contributed by atoms with Crippen LogP contribution in [0.25, 0.3) is 10.8 Å². The van der Waals surface area contributed by atoms with Crippen LogP contribution in [0.2, 0.25) is 0 Å². The predicted octanol–water partition coefficient (Wildman–Crippen LogP) is 4.55. The molecule has 0 saturated heterocycles. The maximum atomic E-state index is 12.6. The van der Waals surface area contributed by atoms with Gasteiger partial charge in [0.1, 0.15) is 4.90 Å². The van der Waals surface area contributed by atoms with Crippen LogP contribution >= 0.6 is 15.9 Å². The lowest BCUT2D eigenvalue weighted by Gasteiger charge is -2.12. The molecule has 0 N–H and O–H groups in total. The number of fused-ring (bicyclic) bond motifs is 1. The molecule has 6 heteroatoms. The highest BCUT2D eigenvalue weighted by Crippen LogP contribution is 2.35. The summed E-state index contributed by atoms with van der Waals surface area (Å²) in [7, 11) is -4.00. The van der Waals surface area contributed by atoms with Crippen molar-refractivity contribution in [3.8, 4) is 11.8 Å². The SMILES string of the molecule is Cc1cc(C#N)ccc1S(=O)(=O)Oc1ccc2ccccc2c1Br. The Bertz CT molecular complexity index is 1090. The highest BCUT2D eigenvalue weighted by atomic mass is 79.9. The third-order valence-electron chi connectivity index (χ3n) is 3.60. The van der Waals surface area contributed by atoms with Gasteiger partial charge in [-0.15, -0.1) is 0 Å². The molecule has 0 fully saturated rings. The number of nitrogens with zero attached hydrogens (tertiary/aromatic N) is 1. The maximum Gasteiger partial charge on any atom is 0.339 e. The van der Waals surface area contributed by atoms with Gasteiger partial charge < -0.3 is 4.18 Å². The first-order valence-corrected chi connectivity index (χ1v) is 9.25. The molecule has 4 nitrogen and oxygen atoms in total. The average molecular weight is 402 g/mol. The Labute approximate surface area is 148 Å². The Morgan fingerprint density at radius 2 is 1.83 bits per heavy atom. The van der Waals surface area contributed by atoms with Crippen LogP contribution in [-0.2, 0) is 10.1 Å². The van der Waals surface area contributed by atoms with Crippen molar-refractivity contribution in [1.29, 1.82) is 5.26 Å². The van der Waals surface area contributed by atoms with Crippen molar-refractivity contribution in [2.24, 2.45) is 0 Å². The molecule has 0 bridgehead atoms. The fourth-order valence-electron chi connectivity index (χ4n) is 2.44. The zero-order chi connectivity index (χ0) is 17.3. The van der Waals surface area contributed by atoms with Gasteiger partial charge >= 0.3 is 10.1 Å². The Hall–Kier alpha value is -2.36. The third-order valence-corrected chi connectivity index (χ3v) is 5.81. The van der Waals surface area contributed by atoms with E-state index in [9.17, 15) is 8.42 Å². The quantitative estimate of drug-likeness (QED) is 0.603. The molecule has 3 rings (SSSR count). The molecule has 0 radical (unpaired) electrons. The van der Waals surface area contributed by atoms with E-state index in [1.807, 2.05) is 30.3 Å². The molecule has 0 atom stereocenters.